The van der Waals surface area contributed by atoms with Gasteiger partial charge in [0.05, 0.1) is 10.7 Å². The molecule has 16 heavy (non-hydrogen) atoms. The summed E-state index contributed by atoms with van der Waals surface area (Å²) in [5.41, 5.74) is 9.73. The van der Waals surface area contributed by atoms with Crippen LogP contribution in [0.2, 0.25) is 5.02 Å². The Labute approximate surface area is 109 Å². The lowest BCUT2D eigenvalue weighted by molar-refractivity contribution is 0.225. The highest BCUT2D eigenvalue weighted by atomic mass is 35.5. The number of thiocarbonyl (C=S) groups is 1. The Hall–Kier alpha value is -0.950. The molecule has 0 bridgehead atoms. The van der Waals surface area contributed by atoms with Gasteiger partial charge in [0.1, 0.15) is 4.99 Å². The van der Waals surface area contributed by atoms with Crippen LogP contribution in [0.3, 0.4) is 0 Å². The third-order valence-corrected chi connectivity index (χ3v) is 2.49. The van der Waals surface area contributed by atoms with Crippen molar-refractivity contribution in [2.24, 2.45) is 0 Å². The van der Waals surface area contributed by atoms with E-state index in [9.17, 15) is 0 Å². The third kappa shape index (κ3) is 3.02. The summed E-state index contributed by atoms with van der Waals surface area (Å²) in [6.07, 6.45) is 1.71. The maximum atomic E-state index is 5.79. The molecule has 7 heteroatoms. The second-order valence-corrected chi connectivity index (χ2v) is 4.43. The molecule has 0 unspecified atom stereocenters. The van der Waals surface area contributed by atoms with Crippen molar-refractivity contribution in [3.05, 3.63) is 40.4 Å². The first-order valence-corrected chi connectivity index (χ1v) is 5.67. The van der Waals surface area contributed by atoms with E-state index in [2.05, 4.69) is 28.9 Å². The predicted octanol–water partition coefficient (Wildman–Crippen LogP) is 2.09. The van der Waals surface area contributed by atoms with Crippen LogP contribution in [0, 0.1) is 0 Å². The van der Waals surface area contributed by atoms with Gasteiger partial charge in [-0.15, -0.1) is 12.6 Å². The summed E-state index contributed by atoms with van der Waals surface area (Å²) < 4.78 is 0. The van der Waals surface area contributed by atoms with Crippen molar-refractivity contribution >= 4 is 47.1 Å². The number of anilines is 1. The van der Waals surface area contributed by atoms with E-state index in [1.54, 1.807) is 18.2 Å². The smallest absolute Gasteiger partial charge is 0.119 e. The SMILES string of the molecule is S=C1C=C(S)NN(Nc2ccc(Cl)cc2)N1. The van der Waals surface area contributed by atoms with Gasteiger partial charge < -0.3 is 0 Å². The number of thiol groups is 1. The highest BCUT2D eigenvalue weighted by Gasteiger charge is 2.11. The molecule has 1 heterocycles. The number of benzene rings is 1. The molecule has 0 saturated heterocycles. The number of nitrogens with one attached hydrogen (secondary N) is 3. The molecular weight excluding hydrogens is 264 g/mol. The fourth-order valence-electron chi connectivity index (χ4n) is 1.15. The molecule has 0 atom stereocenters. The lowest BCUT2D eigenvalue weighted by Gasteiger charge is -2.29. The number of hydrazine groups is 3. The van der Waals surface area contributed by atoms with Gasteiger partial charge >= 0.3 is 0 Å². The van der Waals surface area contributed by atoms with E-state index in [4.69, 9.17) is 23.8 Å². The Kier molecular flexibility index (Phi) is 3.55. The fraction of sp³-hybridized carbons (Fsp3) is 0. The number of nitrogens with zero attached hydrogens (tertiary/aromatic N) is 1. The molecule has 0 fully saturated rings. The quantitative estimate of drug-likeness (QED) is 0.490. The molecule has 1 aromatic carbocycles. The first-order valence-electron chi connectivity index (χ1n) is 4.44. The van der Waals surface area contributed by atoms with Gasteiger partial charge in [0.25, 0.3) is 0 Å². The summed E-state index contributed by atoms with van der Waals surface area (Å²) in [6, 6.07) is 7.30. The van der Waals surface area contributed by atoms with Crippen LogP contribution < -0.4 is 16.3 Å². The van der Waals surface area contributed by atoms with E-state index in [-0.39, 0.29) is 0 Å². The topological polar surface area (TPSA) is 39.3 Å². The predicted molar refractivity (Wildman–Crippen MR) is 72.9 cm³/mol. The van der Waals surface area contributed by atoms with E-state index in [0.717, 1.165) is 5.69 Å². The third-order valence-electron chi connectivity index (χ3n) is 1.80. The van der Waals surface area contributed by atoms with Crippen molar-refractivity contribution in [2.45, 2.75) is 0 Å². The molecule has 0 radical (unpaired) electrons. The van der Waals surface area contributed by atoms with Gasteiger partial charge in [0, 0.05) is 11.1 Å². The van der Waals surface area contributed by atoms with Crippen LogP contribution in [0.4, 0.5) is 5.69 Å². The van der Waals surface area contributed by atoms with Crippen LogP contribution in [0.1, 0.15) is 0 Å². The molecule has 84 valence electrons. The van der Waals surface area contributed by atoms with Gasteiger partial charge in [-0.25, -0.2) is 0 Å². The Balaban J connectivity index is 2.03. The first-order chi connectivity index (χ1) is 7.63. The highest BCUT2D eigenvalue weighted by molar-refractivity contribution is 7.84. The summed E-state index contributed by atoms with van der Waals surface area (Å²) in [5, 5.41) is 2.87. The molecule has 1 aliphatic heterocycles. The van der Waals surface area contributed by atoms with E-state index < -0.39 is 0 Å². The second-order valence-electron chi connectivity index (χ2n) is 3.07. The number of rotatable bonds is 2. The maximum absolute atomic E-state index is 5.79. The van der Waals surface area contributed by atoms with Gasteiger partial charge in [0.2, 0.25) is 0 Å². The van der Waals surface area contributed by atoms with E-state index in [1.165, 1.54) is 5.23 Å². The maximum Gasteiger partial charge on any atom is 0.119 e. The zero-order chi connectivity index (χ0) is 11.5. The van der Waals surface area contributed by atoms with Crippen molar-refractivity contribution in [1.29, 1.82) is 0 Å². The molecule has 1 aromatic rings. The van der Waals surface area contributed by atoms with Gasteiger partial charge in [-0.3, -0.25) is 16.3 Å². The molecule has 0 aliphatic carbocycles. The van der Waals surface area contributed by atoms with Crippen LogP contribution in [0.25, 0.3) is 0 Å². The molecular formula is C9H9ClN4S2. The van der Waals surface area contributed by atoms with Crippen molar-refractivity contribution in [3.63, 3.8) is 0 Å². The van der Waals surface area contributed by atoms with Crippen LogP contribution >= 0.6 is 36.4 Å². The summed E-state index contributed by atoms with van der Waals surface area (Å²) in [7, 11) is 0. The summed E-state index contributed by atoms with van der Waals surface area (Å²) in [5.74, 6) is 0. The molecule has 0 aromatic heterocycles. The summed E-state index contributed by atoms with van der Waals surface area (Å²) >= 11 is 15.0. The van der Waals surface area contributed by atoms with Gasteiger partial charge in [0.15, 0.2) is 0 Å². The monoisotopic (exact) mass is 272 g/mol. The lowest BCUT2D eigenvalue weighted by Crippen LogP contribution is -2.55. The zero-order valence-electron chi connectivity index (χ0n) is 8.07. The summed E-state index contributed by atoms with van der Waals surface area (Å²) in [6.45, 7) is 0. The van der Waals surface area contributed by atoms with Crippen LogP contribution in [-0.4, -0.2) is 10.2 Å². The van der Waals surface area contributed by atoms with Crippen molar-refractivity contribution in [3.8, 4) is 0 Å². The minimum absolute atomic E-state index is 0.574. The van der Waals surface area contributed by atoms with Crippen LogP contribution in [0.15, 0.2) is 35.4 Å². The Morgan fingerprint density at radius 1 is 1.25 bits per heavy atom. The molecule has 2 rings (SSSR count). The minimum atomic E-state index is 0.574. The normalized spacial score (nSPS) is 16.1. The Morgan fingerprint density at radius 3 is 2.56 bits per heavy atom. The average molecular weight is 273 g/mol. The van der Waals surface area contributed by atoms with Crippen molar-refractivity contribution in [2.75, 3.05) is 5.43 Å². The second kappa shape index (κ2) is 4.92. The Bertz CT molecular complexity index is 432. The van der Waals surface area contributed by atoms with Crippen molar-refractivity contribution < 1.29 is 0 Å². The molecule has 0 amide bonds. The Morgan fingerprint density at radius 2 is 1.94 bits per heavy atom. The molecule has 4 nitrogen and oxygen atoms in total. The molecule has 0 spiro atoms. The standard InChI is InChI=1S/C9H9ClN4S2/c10-6-1-3-7(4-2-6)11-14-12-8(15)5-9(16)13-14/h1-5,11-12,15H,(H,13,16). The first kappa shape index (κ1) is 11.5. The van der Waals surface area contributed by atoms with Crippen LogP contribution in [0.5, 0.6) is 0 Å². The van der Waals surface area contributed by atoms with E-state index in [0.29, 0.717) is 15.0 Å². The zero-order valence-corrected chi connectivity index (χ0v) is 10.5. The van der Waals surface area contributed by atoms with Gasteiger partial charge in [-0.05, 0) is 29.5 Å². The summed E-state index contributed by atoms with van der Waals surface area (Å²) in [4.78, 5) is 0.574. The fourth-order valence-corrected chi connectivity index (χ4v) is 1.80. The molecule has 0 saturated carbocycles. The molecule has 3 N–H and O–H groups in total. The number of hydrogen-bond acceptors (Lipinski definition) is 5. The van der Waals surface area contributed by atoms with Gasteiger partial charge in [-0.1, -0.05) is 23.8 Å². The lowest BCUT2D eigenvalue weighted by atomic mass is 10.3. The minimum Gasteiger partial charge on any atom is -0.283 e. The van der Waals surface area contributed by atoms with E-state index >= 15 is 0 Å². The van der Waals surface area contributed by atoms with Crippen molar-refractivity contribution in [1.82, 2.24) is 16.1 Å². The number of hydrogen-bond donors (Lipinski definition) is 4. The van der Waals surface area contributed by atoms with Crippen LogP contribution in [-0.2, 0) is 0 Å². The number of halogens is 1. The largest absolute Gasteiger partial charge is 0.283 e. The van der Waals surface area contributed by atoms with Gasteiger partial charge in [-0.2, -0.15) is 0 Å². The highest BCUT2D eigenvalue weighted by Crippen LogP contribution is 2.14. The molecule has 1 aliphatic rings. The van der Waals surface area contributed by atoms with E-state index in [1.807, 2.05) is 12.1 Å². The average Bonchev–Trinajstić information content (AvgIpc) is 2.20.